The van der Waals surface area contributed by atoms with Crippen LogP contribution < -0.4 is 0 Å². The first-order valence-corrected chi connectivity index (χ1v) is 10.9. The van der Waals surface area contributed by atoms with E-state index in [1.165, 1.54) is 19.2 Å². The summed E-state index contributed by atoms with van der Waals surface area (Å²) < 4.78 is 132. The Morgan fingerprint density at radius 3 is 2.09 bits per heavy atom. The molecule has 3 rings (SSSR count). The Bertz CT molecular complexity index is 1110. The van der Waals surface area contributed by atoms with Crippen molar-refractivity contribution in [1.29, 1.82) is 0 Å². The van der Waals surface area contributed by atoms with Crippen LogP contribution in [0.2, 0.25) is 0 Å². The predicted molar refractivity (Wildman–Crippen MR) is 95.9 cm³/mol. The lowest BCUT2D eigenvalue weighted by Crippen LogP contribution is -2.56. The Morgan fingerprint density at radius 1 is 1.06 bits per heavy atom. The van der Waals surface area contributed by atoms with Crippen LogP contribution in [0, 0.1) is 0 Å². The van der Waals surface area contributed by atoms with E-state index in [4.69, 9.17) is 0 Å². The van der Waals surface area contributed by atoms with Crippen LogP contribution in [-0.4, -0.2) is 46.7 Å². The summed E-state index contributed by atoms with van der Waals surface area (Å²) in [6.07, 6.45) is -14.2. The van der Waals surface area contributed by atoms with Gasteiger partial charge in [0.1, 0.15) is 5.69 Å². The van der Waals surface area contributed by atoms with Crippen LogP contribution in [0.1, 0.15) is 43.1 Å². The largest absolute Gasteiger partial charge is 0.434 e. The summed E-state index contributed by atoms with van der Waals surface area (Å²) in [7, 11) is -3.11. The molecule has 2 aromatic heterocycles. The number of nitrogens with zero attached hydrogens (tertiary/aromatic N) is 3. The van der Waals surface area contributed by atoms with Crippen LogP contribution in [0.5, 0.6) is 0 Å². The van der Waals surface area contributed by atoms with Crippen molar-refractivity contribution in [2.24, 2.45) is 7.05 Å². The molecular weight excluding hydrogens is 474 g/mol. The van der Waals surface area contributed by atoms with Gasteiger partial charge in [0.25, 0.3) is 0 Å². The zero-order valence-corrected chi connectivity index (χ0v) is 17.4. The topological polar surface area (TPSA) is 64.8 Å². The molecule has 178 valence electrons. The molecule has 5 nitrogen and oxygen atoms in total. The molecule has 1 fully saturated rings. The van der Waals surface area contributed by atoms with Crippen molar-refractivity contribution in [3.8, 4) is 11.5 Å². The summed E-state index contributed by atoms with van der Waals surface area (Å²) in [5, 5.41) is 0. The first-order chi connectivity index (χ1) is 14.6. The van der Waals surface area contributed by atoms with Gasteiger partial charge in [-0.1, -0.05) is 6.92 Å². The van der Waals surface area contributed by atoms with E-state index in [0.29, 0.717) is 16.3 Å². The number of halogens is 8. The Kier molecular flexibility index (Phi) is 5.84. The second-order valence-electron chi connectivity index (χ2n) is 7.43. The molecule has 0 unspecified atom stereocenters. The van der Waals surface area contributed by atoms with Crippen molar-refractivity contribution >= 4 is 9.84 Å². The van der Waals surface area contributed by atoms with E-state index >= 15 is 0 Å². The number of rotatable bonds is 6. The summed E-state index contributed by atoms with van der Waals surface area (Å²) in [5.41, 5.74) is -7.38. The van der Waals surface area contributed by atoms with Gasteiger partial charge in [-0.15, -0.1) is 0 Å². The maximum atomic E-state index is 14.5. The van der Waals surface area contributed by atoms with E-state index in [0.717, 1.165) is 19.9 Å². The normalized spacial score (nSPS) is 16.9. The molecule has 14 heteroatoms. The fraction of sp³-hybridized carbons (Fsp3) is 0.556. The molecule has 1 atom stereocenters. The fourth-order valence-electron chi connectivity index (χ4n) is 3.19. The minimum absolute atomic E-state index is 0.0836. The number of sulfone groups is 1. The van der Waals surface area contributed by atoms with Gasteiger partial charge in [0.05, 0.1) is 22.5 Å². The van der Waals surface area contributed by atoms with Gasteiger partial charge in [0, 0.05) is 13.2 Å². The van der Waals surface area contributed by atoms with Crippen LogP contribution in [0.4, 0.5) is 35.1 Å². The molecule has 1 saturated carbocycles. The van der Waals surface area contributed by atoms with Gasteiger partial charge in [-0.3, -0.25) is 4.98 Å². The van der Waals surface area contributed by atoms with Crippen LogP contribution in [0.25, 0.3) is 11.5 Å². The van der Waals surface area contributed by atoms with E-state index in [9.17, 15) is 43.5 Å². The fourth-order valence-corrected chi connectivity index (χ4v) is 4.26. The van der Waals surface area contributed by atoms with Gasteiger partial charge in [-0.25, -0.2) is 22.2 Å². The summed E-state index contributed by atoms with van der Waals surface area (Å²) in [5.74, 6) is -0.821. The van der Waals surface area contributed by atoms with E-state index in [-0.39, 0.29) is 22.3 Å². The predicted octanol–water partition coefficient (Wildman–Crippen LogP) is 5.00. The Balaban J connectivity index is 2.16. The Hall–Kier alpha value is -2.25. The monoisotopic (exact) mass is 491 g/mol. The van der Waals surface area contributed by atoms with Gasteiger partial charge in [0.2, 0.25) is 0 Å². The minimum Gasteiger partial charge on any atom is -0.327 e. The lowest BCUT2D eigenvalue weighted by molar-refractivity contribution is -0.359. The SMILES string of the molecule is CCS(=O)(=O)c1cc(C2CC2)cnc1-c1ncc([C@H](F)C(F)(C(F)(F)F)C(F)(F)F)n1C. The molecule has 0 bridgehead atoms. The molecule has 2 aromatic rings. The molecule has 0 amide bonds. The average molecular weight is 491 g/mol. The van der Waals surface area contributed by atoms with Crippen molar-refractivity contribution in [2.75, 3.05) is 5.75 Å². The third-order valence-corrected chi connectivity index (χ3v) is 7.05. The summed E-state index contributed by atoms with van der Waals surface area (Å²) in [6, 6.07) is 1.31. The minimum atomic E-state index is -6.62. The quantitative estimate of drug-likeness (QED) is 0.534. The number of hydrogen-bond donors (Lipinski definition) is 0. The summed E-state index contributed by atoms with van der Waals surface area (Å²) in [6.45, 7) is 1.33. The summed E-state index contributed by atoms with van der Waals surface area (Å²) in [4.78, 5) is 7.22. The van der Waals surface area contributed by atoms with Gasteiger partial charge in [-0.05, 0) is 30.4 Å². The second-order valence-corrected chi connectivity index (χ2v) is 9.68. The lowest BCUT2D eigenvalue weighted by atomic mass is 9.96. The van der Waals surface area contributed by atoms with Crippen LogP contribution in [0.3, 0.4) is 0 Å². The number of pyridine rings is 1. The molecule has 32 heavy (non-hydrogen) atoms. The molecule has 1 aliphatic carbocycles. The molecular formula is C18H17F8N3O2S. The molecule has 0 aliphatic heterocycles. The van der Waals surface area contributed by atoms with Crippen molar-refractivity contribution in [2.45, 2.75) is 54.8 Å². The molecule has 0 saturated heterocycles. The first kappa shape index (κ1) is 24.4. The smallest absolute Gasteiger partial charge is 0.327 e. The van der Waals surface area contributed by atoms with Gasteiger partial charge >= 0.3 is 18.0 Å². The van der Waals surface area contributed by atoms with Crippen LogP contribution >= 0.6 is 0 Å². The standard InChI is InChI=1S/C18H17F8N3O2S/c1-3-32(30,31)12-6-10(9-4-5-9)7-27-13(12)15-28-8-11(29(15)2)14(19)16(20,17(21,22)23)18(24,25)26/h6-9,14H,3-5H2,1-2H3/t14-/m0/s1. The number of aromatic nitrogens is 3. The molecule has 0 radical (unpaired) electrons. The highest BCUT2D eigenvalue weighted by atomic mass is 32.2. The number of hydrogen-bond acceptors (Lipinski definition) is 4. The van der Waals surface area contributed by atoms with Gasteiger partial charge in [-0.2, -0.15) is 26.3 Å². The van der Waals surface area contributed by atoms with Gasteiger partial charge in [0.15, 0.2) is 21.8 Å². The van der Waals surface area contributed by atoms with Crippen molar-refractivity contribution < 1.29 is 43.5 Å². The van der Waals surface area contributed by atoms with E-state index in [1.54, 1.807) is 0 Å². The van der Waals surface area contributed by atoms with E-state index in [2.05, 4.69) is 9.97 Å². The van der Waals surface area contributed by atoms with Crippen molar-refractivity contribution in [1.82, 2.24) is 14.5 Å². The second kappa shape index (κ2) is 7.66. The Labute approximate surface area is 177 Å². The highest BCUT2D eigenvalue weighted by Gasteiger charge is 2.77. The van der Waals surface area contributed by atoms with Crippen LogP contribution in [0.15, 0.2) is 23.4 Å². The maximum absolute atomic E-state index is 14.5. The van der Waals surface area contributed by atoms with E-state index in [1.807, 2.05) is 0 Å². The van der Waals surface area contributed by atoms with Gasteiger partial charge < -0.3 is 4.57 Å². The zero-order chi connectivity index (χ0) is 24.3. The number of imidazole rings is 1. The molecule has 0 aromatic carbocycles. The summed E-state index contributed by atoms with van der Waals surface area (Å²) >= 11 is 0. The average Bonchev–Trinajstić information content (AvgIpc) is 3.47. The van der Waals surface area contributed by atoms with Crippen molar-refractivity contribution in [3.63, 3.8) is 0 Å². The number of alkyl halides is 8. The Morgan fingerprint density at radius 2 is 1.62 bits per heavy atom. The first-order valence-electron chi connectivity index (χ1n) is 9.27. The molecule has 2 heterocycles. The highest BCUT2D eigenvalue weighted by Crippen LogP contribution is 2.54. The lowest BCUT2D eigenvalue weighted by Gasteiger charge is -2.32. The molecule has 0 N–H and O–H groups in total. The highest BCUT2D eigenvalue weighted by molar-refractivity contribution is 7.91. The molecule has 0 spiro atoms. The third-order valence-electron chi connectivity index (χ3n) is 5.31. The molecule has 1 aliphatic rings. The van der Waals surface area contributed by atoms with Crippen LogP contribution in [-0.2, 0) is 16.9 Å². The third kappa shape index (κ3) is 3.86. The van der Waals surface area contributed by atoms with E-state index < -0.39 is 45.5 Å². The maximum Gasteiger partial charge on any atom is 0.434 e. The zero-order valence-electron chi connectivity index (χ0n) is 16.6. The van der Waals surface area contributed by atoms with Crippen molar-refractivity contribution in [3.05, 3.63) is 29.7 Å².